The van der Waals surface area contributed by atoms with E-state index in [9.17, 15) is 17.6 Å². The highest BCUT2D eigenvalue weighted by atomic mass is 35.5. The second-order valence-electron chi connectivity index (χ2n) is 6.20. The maximum absolute atomic E-state index is 14.4. The van der Waals surface area contributed by atoms with Crippen molar-refractivity contribution in [1.29, 1.82) is 0 Å². The van der Waals surface area contributed by atoms with Gasteiger partial charge in [0.2, 0.25) is 0 Å². The standard InChI is InChI=1S/C17H24F4N2.ClH/c1-3-5-12(2)16(23-10-8-22-9-11-23)15-13(17(19,20)21)6-4-7-14(15)18;/h4,6-7,12,16,22H,3,5,8-11H2,1-2H3;1H/t12?,16-;/m1./s1. The molecular weight excluding hydrogens is 344 g/mol. The Morgan fingerprint density at radius 3 is 2.38 bits per heavy atom. The van der Waals surface area contributed by atoms with Gasteiger partial charge in [-0.25, -0.2) is 4.39 Å². The summed E-state index contributed by atoms with van der Waals surface area (Å²) in [4.78, 5) is 1.99. The van der Waals surface area contributed by atoms with Crippen molar-refractivity contribution < 1.29 is 17.6 Å². The first-order chi connectivity index (χ1) is 10.9. The average Bonchev–Trinajstić information content (AvgIpc) is 2.49. The fraction of sp³-hybridized carbons (Fsp3) is 0.647. The van der Waals surface area contributed by atoms with Crippen LogP contribution in [0.2, 0.25) is 0 Å². The summed E-state index contributed by atoms with van der Waals surface area (Å²) < 4.78 is 54.7. The van der Waals surface area contributed by atoms with Crippen LogP contribution in [0.15, 0.2) is 18.2 Å². The Morgan fingerprint density at radius 1 is 1.21 bits per heavy atom. The largest absolute Gasteiger partial charge is 0.416 e. The van der Waals surface area contributed by atoms with Crippen molar-refractivity contribution in [3.05, 3.63) is 35.1 Å². The van der Waals surface area contributed by atoms with Gasteiger partial charge in [0, 0.05) is 37.8 Å². The average molecular weight is 369 g/mol. The molecule has 1 aromatic carbocycles. The summed E-state index contributed by atoms with van der Waals surface area (Å²) in [5.41, 5.74) is -1.04. The van der Waals surface area contributed by atoms with Crippen LogP contribution in [-0.4, -0.2) is 31.1 Å². The van der Waals surface area contributed by atoms with Gasteiger partial charge in [-0.2, -0.15) is 13.2 Å². The molecule has 0 saturated carbocycles. The van der Waals surface area contributed by atoms with Crippen LogP contribution in [0, 0.1) is 11.7 Å². The summed E-state index contributed by atoms with van der Waals surface area (Å²) in [5.74, 6) is -0.803. The molecule has 138 valence electrons. The quantitative estimate of drug-likeness (QED) is 0.761. The van der Waals surface area contributed by atoms with E-state index in [0.29, 0.717) is 26.2 Å². The van der Waals surface area contributed by atoms with Gasteiger partial charge in [-0.15, -0.1) is 12.4 Å². The number of halogens is 5. The molecule has 0 bridgehead atoms. The molecule has 24 heavy (non-hydrogen) atoms. The molecular formula is C17H25ClF4N2. The molecule has 1 heterocycles. The van der Waals surface area contributed by atoms with Crippen molar-refractivity contribution in [3.63, 3.8) is 0 Å². The Morgan fingerprint density at radius 2 is 1.83 bits per heavy atom. The van der Waals surface area contributed by atoms with Crippen molar-refractivity contribution in [2.24, 2.45) is 5.92 Å². The van der Waals surface area contributed by atoms with Gasteiger partial charge in [0.25, 0.3) is 0 Å². The van der Waals surface area contributed by atoms with Crippen LogP contribution in [-0.2, 0) is 6.18 Å². The highest BCUT2D eigenvalue weighted by Gasteiger charge is 2.39. The highest BCUT2D eigenvalue weighted by molar-refractivity contribution is 5.85. The third kappa shape index (κ3) is 4.83. The Bertz CT molecular complexity index is 516. The van der Waals surface area contributed by atoms with Crippen LogP contribution in [0.25, 0.3) is 0 Å². The van der Waals surface area contributed by atoms with E-state index in [1.54, 1.807) is 0 Å². The van der Waals surface area contributed by atoms with Crippen molar-refractivity contribution in [2.45, 2.75) is 38.9 Å². The third-order valence-corrected chi connectivity index (χ3v) is 4.48. The Hall–Kier alpha value is -0.850. The molecule has 2 nitrogen and oxygen atoms in total. The van der Waals surface area contributed by atoms with E-state index in [1.807, 2.05) is 18.7 Å². The fourth-order valence-electron chi connectivity index (χ4n) is 3.49. The number of hydrogen-bond acceptors (Lipinski definition) is 2. The van der Waals surface area contributed by atoms with Gasteiger partial charge in [0.05, 0.1) is 5.56 Å². The second-order valence-corrected chi connectivity index (χ2v) is 6.20. The lowest BCUT2D eigenvalue weighted by atomic mass is 9.86. The van der Waals surface area contributed by atoms with E-state index in [1.165, 1.54) is 0 Å². The summed E-state index contributed by atoms with van der Waals surface area (Å²) in [5, 5.41) is 3.19. The number of benzene rings is 1. The van der Waals surface area contributed by atoms with Gasteiger partial charge in [0.1, 0.15) is 5.82 Å². The highest BCUT2D eigenvalue weighted by Crippen LogP contribution is 2.41. The maximum atomic E-state index is 14.4. The lowest BCUT2D eigenvalue weighted by molar-refractivity contribution is -0.139. The van der Waals surface area contributed by atoms with Crippen molar-refractivity contribution in [2.75, 3.05) is 26.2 Å². The van der Waals surface area contributed by atoms with E-state index >= 15 is 0 Å². The maximum Gasteiger partial charge on any atom is 0.416 e. The lowest BCUT2D eigenvalue weighted by Gasteiger charge is -2.39. The smallest absolute Gasteiger partial charge is 0.314 e. The van der Waals surface area contributed by atoms with E-state index < -0.39 is 23.6 Å². The summed E-state index contributed by atoms with van der Waals surface area (Å²) in [7, 11) is 0. The molecule has 1 fully saturated rings. The molecule has 2 rings (SSSR count). The van der Waals surface area contributed by atoms with Gasteiger partial charge >= 0.3 is 6.18 Å². The molecule has 0 aromatic heterocycles. The minimum absolute atomic E-state index is 0. The molecule has 1 unspecified atom stereocenters. The van der Waals surface area contributed by atoms with E-state index in [0.717, 1.165) is 31.0 Å². The van der Waals surface area contributed by atoms with Gasteiger partial charge in [-0.3, -0.25) is 4.90 Å². The first kappa shape index (κ1) is 21.2. The van der Waals surface area contributed by atoms with E-state index in [-0.39, 0.29) is 23.9 Å². The molecule has 0 spiro atoms. The zero-order valence-corrected chi connectivity index (χ0v) is 14.8. The van der Waals surface area contributed by atoms with Crippen LogP contribution in [0.1, 0.15) is 43.9 Å². The second kappa shape index (κ2) is 9.02. The number of nitrogens with one attached hydrogen (secondary N) is 1. The van der Waals surface area contributed by atoms with Gasteiger partial charge in [-0.05, 0) is 24.5 Å². The zero-order valence-electron chi connectivity index (χ0n) is 14.0. The first-order valence-electron chi connectivity index (χ1n) is 8.16. The van der Waals surface area contributed by atoms with Gasteiger partial charge in [-0.1, -0.05) is 26.3 Å². The van der Waals surface area contributed by atoms with Crippen molar-refractivity contribution in [3.8, 4) is 0 Å². The molecule has 1 aliphatic rings. The fourth-order valence-corrected chi connectivity index (χ4v) is 3.49. The molecule has 0 aliphatic carbocycles. The monoisotopic (exact) mass is 368 g/mol. The number of nitrogens with zero attached hydrogens (tertiary/aromatic N) is 1. The Labute approximate surface area is 147 Å². The Kier molecular flexibility index (Phi) is 7.96. The molecule has 1 aliphatic heterocycles. The van der Waals surface area contributed by atoms with Crippen molar-refractivity contribution >= 4 is 12.4 Å². The molecule has 1 N–H and O–H groups in total. The summed E-state index contributed by atoms with van der Waals surface area (Å²) in [6.07, 6.45) is -2.92. The molecule has 0 amide bonds. The number of hydrogen-bond donors (Lipinski definition) is 1. The summed E-state index contributed by atoms with van der Waals surface area (Å²) in [6, 6.07) is 2.72. The van der Waals surface area contributed by atoms with E-state index in [4.69, 9.17) is 0 Å². The van der Waals surface area contributed by atoms with Crippen LogP contribution in [0.3, 0.4) is 0 Å². The predicted octanol–water partition coefficient (Wildman–Crippen LogP) is 4.65. The Balaban J connectivity index is 0.00000288. The molecule has 7 heteroatoms. The molecule has 0 radical (unpaired) electrons. The lowest BCUT2D eigenvalue weighted by Crippen LogP contribution is -2.47. The van der Waals surface area contributed by atoms with E-state index in [2.05, 4.69) is 5.32 Å². The SMILES string of the molecule is CCCC(C)[C@H](c1c(F)cccc1C(F)(F)F)N1CCNCC1.Cl. The van der Waals surface area contributed by atoms with Crippen LogP contribution in [0.5, 0.6) is 0 Å². The van der Waals surface area contributed by atoms with Gasteiger partial charge in [0.15, 0.2) is 0 Å². The topological polar surface area (TPSA) is 15.3 Å². The normalized spacial score (nSPS) is 18.8. The van der Waals surface area contributed by atoms with Gasteiger partial charge < -0.3 is 5.32 Å². The minimum Gasteiger partial charge on any atom is -0.314 e. The third-order valence-electron chi connectivity index (χ3n) is 4.48. The van der Waals surface area contributed by atoms with Crippen LogP contribution < -0.4 is 5.32 Å². The van der Waals surface area contributed by atoms with Crippen LogP contribution in [0.4, 0.5) is 17.6 Å². The zero-order chi connectivity index (χ0) is 17.0. The predicted molar refractivity (Wildman–Crippen MR) is 89.9 cm³/mol. The number of rotatable bonds is 5. The molecule has 2 atom stereocenters. The number of alkyl halides is 3. The summed E-state index contributed by atoms with van der Waals surface area (Å²) in [6.45, 7) is 6.60. The first-order valence-corrected chi connectivity index (χ1v) is 8.16. The van der Waals surface area contributed by atoms with Crippen LogP contribution >= 0.6 is 12.4 Å². The number of piperazine rings is 1. The summed E-state index contributed by atoms with van der Waals surface area (Å²) >= 11 is 0. The molecule has 1 saturated heterocycles. The molecule has 1 aromatic rings. The minimum atomic E-state index is -4.55. The van der Waals surface area contributed by atoms with Crippen molar-refractivity contribution in [1.82, 2.24) is 10.2 Å².